The number of ether oxygens (including phenoxy) is 1. The van der Waals surface area contributed by atoms with Crippen LogP contribution in [0.15, 0.2) is 18.2 Å². The smallest absolute Gasteiger partial charge is 0.225 e. The number of H-pyrrole nitrogens is 1. The van der Waals surface area contributed by atoms with Gasteiger partial charge >= 0.3 is 0 Å². The van der Waals surface area contributed by atoms with Crippen molar-refractivity contribution >= 4 is 16.9 Å². The number of carbonyl (C=O) groups is 1. The van der Waals surface area contributed by atoms with Crippen molar-refractivity contribution in [2.24, 2.45) is 5.92 Å². The molecule has 0 unspecified atom stereocenters. The lowest BCUT2D eigenvalue weighted by Gasteiger charge is -2.08. The van der Waals surface area contributed by atoms with Gasteiger partial charge in [-0.05, 0) is 31.0 Å². The second-order valence-electron chi connectivity index (χ2n) is 5.30. The van der Waals surface area contributed by atoms with Crippen LogP contribution in [-0.2, 0) is 16.0 Å². The first-order valence-corrected chi connectivity index (χ1v) is 7.22. The number of imidazole rings is 1. The highest BCUT2D eigenvalue weighted by Gasteiger charge is 2.22. The van der Waals surface area contributed by atoms with E-state index in [2.05, 4.69) is 15.3 Å². The topological polar surface area (TPSA) is 67.0 Å². The Hall–Kier alpha value is -1.95. The van der Waals surface area contributed by atoms with Crippen LogP contribution in [0.4, 0.5) is 4.39 Å². The molecule has 6 heteroatoms. The molecule has 0 aliphatic carbocycles. The third-order valence-corrected chi connectivity index (χ3v) is 3.68. The lowest BCUT2D eigenvalue weighted by Crippen LogP contribution is -2.31. The van der Waals surface area contributed by atoms with Crippen LogP contribution in [0.3, 0.4) is 0 Å². The Morgan fingerprint density at radius 3 is 3.24 bits per heavy atom. The molecule has 0 bridgehead atoms. The molecule has 5 nitrogen and oxygen atoms in total. The van der Waals surface area contributed by atoms with Gasteiger partial charge in [0.15, 0.2) is 0 Å². The van der Waals surface area contributed by atoms with Crippen molar-refractivity contribution in [2.45, 2.75) is 19.3 Å². The quantitative estimate of drug-likeness (QED) is 0.825. The van der Waals surface area contributed by atoms with Gasteiger partial charge in [-0.1, -0.05) is 0 Å². The summed E-state index contributed by atoms with van der Waals surface area (Å²) in [5.74, 6) is 0.608. The normalized spacial score (nSPS) is 18.2. The number of aromatic amines is 1. The van der Waals surface area contributed by atoms with Crippen LogP contribution >= 0.6 is 0 Å². The van der Waals surface area contributed by atoms with E-state index in [1.54, 1.807) is 6.07 Å². The van der Waals surface area contributed by atoms with Gasteiger partial charge in [-0.2, -0.15) is 0 Å². The predicted molar refractivity (Wildman–Crippen MR) is 76.3 cm³/mol. The van der Waals surface area contributed by atoms with E-state index in [0.717, 1.165) is 30.6 Å². The van der Waals surface area contributed by atoms with Gasteiger partial charge < -0.3 is 15.0 Å². The number of hydrogen-bond donors (Lipinski definition) is 2. The number of halogens is 1. The molecule has 1 atom stereocenters. The summed E-state index contributed by atoms with van der Waals surface area (Å²) in [4.78, 5) is 19.3. The monoisotopic (exact) mass is 291 g/mol. The van der Waals surface area contributed by atoms with Gasteiger partial charge in [0.25, 0.3) is 0 Å². The number of nitrogens with zero attached hydrogens (tertiary/aromatic N) is 1. The second kappa shape index (κ2) is 6.22. The lowest BCUT2D eigenvalue weighted by atomic mass is 10.1. The highest BCUT2D eigenvalue weighted by atomic mass is 19.1. The third-order valence-electron chi connectivity index (χ3n) is 3.68. The summed E-state index contributed by atoms with van der Waals surface area (Å²) in [5, 5.41) is 2.92. The Balaban J connectivity index is 1.46. The van der Waals surface area contributed by atoms with Crippen LogP contribution in [-0.4, -0.2) is 35.6 Å². The first-order chi connectivity index (χ1) is 10.2. The van der Waals surface area contributed by atoms with Crippen LogP contribution in [0.2, 0.25) is 0 Å². The van der Waals surface area contributed by atoms with Gasteiger partial charge in [-0.15, -0.1) is 0 Å². The molecule has 0 saturated carbocycles. The fourth-order valence-electron chi connectivity index (χ4n) is 2.51. The number of aromatic nitrogens is 2. The summed E-state index contributed by atoms with van der Waals surface area (Å²) >= 11 is 0. The standard InChI is InChI=1S/C15H18FN3O2/c16-11-3-4-12-13(8-11)19-14(18-12)2-1-6-17-15(20)10-5-7-21-9-10/h3-4,8,10H,1-2,5-7,9H2,(H,17,20)(H,18,19)/t10-/m0/s1. The minimum Gasteiger partial charge on any atom is -0.381 e. The molecule has 112 valence electrons. The van der Waals surface area contributed by atoms with Crippen molar-refractivity contribution in [3.63, 3.8) is 0 Å². The van der Waals surface area contributed by atoms with Gasteiger partial charge in [-0.25, -0.2) is 9.37 Å². The van der Waals surface area contributed by atoms with Crippen molar-refractivity contribution in [1.82, 2.24) is 15.3 Å². The second-order valence-corrected chi connectivity index (χ2v) is 5.30. The lowest BCUT2D eigenvalue weighted by molar-refractivity contribution is -0.124. The Kier molecular flexibility index (Phi) is 4.15. The molecule has 0 radical (unpaired) electrons. The average molecular weight is 291 g/mol. The minimum atomic E-state index is -0.274. The van der Waals surface area contributed by atoms with E-state index in [-0.39, 0.29) is 17.6 Å². The van der Waals surface area contributed by atoms with E-state index in [9.17, 15) is 9.18 Å². The molecule has 1 aromatic carbocycles. The zero-order valence-electron chi connectivity index (χ0n) is 11.7. The number of aryl methyl sites for hydroxylation is 1. The Bertz CT molecular complexity index is 635. The minimum absolute atomic E-state index is 0.000763. The van der Waals surface area contributed by atoms with Gasteiger partial charge in [-0.3, -0.25) is 4.79 Å². The maximum Gasteiger partial charge on any atom is 0.225 e. The van der Waals surface area contributed by atoms with Gasteiger partial charge in [0.1, 0.15) is 11.6 Å². The summed E-state index contributed by atoms with van der Waals surface area (Å²) in [6, 6.07) is 4.50. The van der Waals surface area contributed by atoms with E-state index < -0.39 is 0 Å². The predicted octanol–water partition coefficient (Wildman–Crippen LogP) is 1.79. The molecule has 1 fully saturated rings. The summed E-state index contributed by atoms with van der Waals surface area (Å²) in [6.45, 7) is 1.81. The molecule has 1 aliphatic heterocycles. The van der Waals surface area contributed by atoms with Crippen molar-refractivity contribution < 1.29 is 13.9 Å². The maximum atomic E-state index is 13.1. The fourth-order valence-corrected chi connectivity index (χ4v) is 2.51. The van der Waals surface area contributed by atoms with Crippen molar-refractivity contribution in [3.05, 3.63) is 29.8 Å². The summed E-state index contributed by atoms with van der Waals surface area (Å²) in [5.41, 5.74) is 1.47. The van der Waals surface area contributed by atoms with Crippen molar-refractivity contribution in [1.29, 1.82) is 0 Å². The van der Waals surface area contributed by atoms with Crippen molar-refractivity contribution in [2.75, 3.05) is 19.8 Å². The first kappa shape index (κ1) is 14.0. The number of amides is 1. The molecule has 0 spiro atoms. The van der Waals surface area contributed by atoms with Gasteiger partial charge in [0.2, 0.25) is 5.91 Å². The largest absolute Gasteiger partial charge is 0.381 e. The summed E-state index contributed by atoms with van der Waals surface area (Å²) in [6.07, 6.45) is 2.32. The highest BCUT2D eigenvalue weighted by molar-refractivity contribution is 5.79. The Labute approximate surface area is 121 Å². The molecule has 2 aromatic rings. The third kappa shape index (κ3) is 3.39. The number of hydrogen-bond acceptors (Lipinski definition) is 3. The van der Waals surface area contributed by atoms with Crippen LogP contribution in [0.1, 0.15) is 18.7 Å². The van der Waals surface area contributed by atoms with Gasteiger partial charge in [0, 0.05) is 19.6 Å². The van der Waals surface area contributed by atoms with Crippen LogP contribution in [0.25, 0.3) is 11.0 Å². The zero-order chi connectivity index (χ0) is 14.7. The fraction of sp³-hybridized carbons (Fsp3) is 0.467. The Morgan fingerprint density at radius 1 is 1.52 bits per heavy atom. The zero-order valence-corrected chi connectivity index (χ0v) is 11.7. The average Bonchev–Trinajstić information content (AvgIpc) is 3.11. The summed E-state index contributed by atoms with van der Waals surface area (Å²) in [7, 11) is 0. The van der Waals surface area contributed by atoms with E-state index >= 15 is 0 Å². The molecule has 1 aliphatic rings. The number of fused-ring (bicyclic) bond motifs is 1. The van der Waals surface area contributed by atoms with E-state index in [0.29, 0.717) is 25.3 Å². The van der Waals surface area contributed by atoms with Crippen LogP contribution in [0, 0.1) is 11.7 Å². The molecular weight excluding hydrogens is 273 g/mol. The molecule has 3 rings (SSSR count). The molecule has 1 aromatic heterocycles. The van der Waals surface area contributed by atoms with E-state index in [1.807, 2.05) is 0 Å². The SMILES string of the molecule is O=C(NCCCc1nc2ccc(F)cc2[nH]1)[C@H]1CCOC1. The molecule has 21 heavy (non-hydrogen) atoms. The number of benzene rings is 1. The van der Waals surface area contributed by atoms with Crippen molar-refractivity contribution in [3.8, 4) is 0 Å². The molecule has 2 heterocycles. The van der Waals surface area contributed by atoms with E-state index in [1.165, 1.54) is 12.1 Å². The highest BCUT2D eigenvalue weighted by Crippen LogP contribution is 2.14. The first-order valence-electron chi connectivity index (χ1n) is 7.22. The van der Waals surface area contributed by atoms with E-state index in [4.69, 9.17) is 4.74 Å². The number of carbonyl (C=O) groups excluding carboxylic acids is 1. The van der Waals surface area contributed by atoms with Gasteiger partial charge in [0.05, 0.1) is 23.6 Å². The molecule has 1 amide bonds. The Morgan fingerprint density at radius 2 is 2.43 bits per heavy atom. The number of nitrogens with one attached hydrogen (secondary N) is 2. The summed E-state index contributed by atoms with van der Waals surface area (Å²) < 4.78 is 18.3. The van der Waals surface area contributed by atoms with Crippen LogP contribution < -0.4 is 5.32 Å². The number of rotatable bonds is 5. The maximum absolute atomic E-state index is 13.1. The molecule has 2 N–H and O–H groups in total. The van der Waals surface area contributed by atoms with Crippen LogP contribution in [0.5, 0.6) is 0 Å². The molecule has 1 saturated heterocycles. The molecular formula is C15H18FN3O2.